The number of nitrogens with one attached hydrogen (secondary N) is 1. The summed E-state index contributed by atoms with van der Waals surface area (Å²) in [5, 5.41) is 13.0. The van der Waals surface area contributed by atoms with Crippen molar-refractivity contribution in [3.05, 3.63) is 24.0 Å². The molecular weight excluding hydrogens is 200 g/mol. The molecule has 1 aromatic rings. The Balaban J connectivity index is 1.67. The van der Waals surface area contributed by atoms with Crippen LogP contribution in [-0.2, 0) is 13.1 Å². The van der Waals surface area contributed by atoms with Crippen LogP contribution in [0.3, 0.4) is 0 Å². The van der Waals surface area contributed by atoms with Crippen molar-refractivity contribution in [3.63, 3.8) is 0 Å². The van der Waals surface area contributed by atoms with Gasteiger partial charge in [0.2, 0.25) is 0 Å². The second-order valence-electron chi connectivity index (χ2n) is 4.79. The van der Waals surface area contributed by atoms with Gasteiger partial charge in [-0.2, -0.15) is 0 Å². The van der Waals surface area contributed by atoms with E-state index in [1.807, 2.05) is 0 Å². The molecule has 0 amide bonds. The molecule has 1 saturated carbocycles. The quantitative estimate of drug-likeness (QED) is 0.737. The van der Waals surface area contributed by atoms with Gasteiger partial charge in [0.15, 0.2) is 0 Å². The lowest BCUT2D eigenvalue weighted by molar-refractivity contribution is 0.148. The summed E-state index contributed by atoms with van der Waals surface area (Å²) in [6, 6.07) is 2.15. The van der Waals surface area contributed by atoms with Crippen molar-refractivity contribution in [1.82, 2.24) is 9.88 Å². The van der Waals surface area contributed by atoms with Crippen molar-refractivity contribution in [2.75, 3.05) is 6.54 Å². The number of nitrogens with zero attached hydrogens (tertiary/aromatic N) is 1. The Labute approximate surface area is 97.5 Å². The van der Waals surface area contributed by atoms with Crippen LogP contribution < -0.4 is 5.32 Å². The van der Waals surface area contributed by atoms with E-state index in [0.29, 0.717) is 5.92 Å². The van der Waals surface area contributed by atoms with Crippen LogP contribution in [0.25, 0.3) is 0 Å². The Kier molecular flexibility index (Phi) is 4.02. The summed E-state index contributed by atoms with van der Waals surface area (Å²) in [7, 11) is 0. The molecular formula is C13H22N2O. The fraction of sp³-hybridized carbons (Fsp3) is 0.692. The van der Waals surface area contributed by atoms with Crippen LogP contribution in [0.5, 0.6) is 0 Å². The van der Waals surface area contributed by atoms with Gasteiger partial charge in [-0.15, -0.1) is 0 Å². The van der Waals surface area contributed by atoms with Crippen LogP contribution in [0.4, 0.5) is 0 Å². The topological polar surface area (TPSA) is 37.2 Å². The number of aryl methyl sites for hydroxylation is 1. The summed E-state index contributed by atoms with van der Waals surface area (Å²) in [5.74, 6) is 0.567. The Hall–Kier alpha value is -0.800. The molecule has 16 heavy (non-hydrogen) atoms. The van der Waals surface area contributed by atoms with Gasteiger partial charge < -0.3 is 15.0 Å². The van der Waals surface area contributed by atoms with E-state index in [-0.39, 0.29) is 6.10 Å². The van der Waals surface area contributed by atoms with Gasteiger partial charge in [-0.05, 0) is 36.8 Å². The highest BCUT2D eigenvalue weighted by molar-refractivity contribution is 5.09. The van der Waals surface area contributed by atoms with Gasteiger partial charge in [0.05, 0.1) is 6.10 Å². The summed E-state index contributed by atoms with van der Waals surface area (Å²) in [6.07, 6.45) is 7.74. The molecule has 0 spiro atoms. The van der Waals surface area contributed by atoms with E-state index in [9.17, 15) is 5.11 Å². The summed E-state index contributed by atoms with van der Waals surface area (Å²) in [4.78, 5) is 0. The molecule has 1 aliphatic rings. The van der Waals surface area contributed by atoms with E-state index in [1.54, 1.807) is 0 Å². The molecule has 1 atom stereocenters. The molecule has 0 aromatic carbocycles. The molecule has 1 fully saturated rings. The summed E-state index contributed by atoms with van der Waals surface area (Å²) < 4.78 is 2.22. The zero-order valence-corrected chi connectivity index (χ0v) is 10.0. The highest BCUT2D eigenvalue weighted by Gasteiger charge is 2.28. The third-order valence-corrected chi connectivity index (χ3v) is 3.14. The molecule has 1 heterocycles. The van der Waals surface area contributed by atoms with Crippen LogP contribution >= 0.6 is 0 Å². The molecule has 1 unspecified atom stereocenters. The molecule has 0 bridgehead atoms. The maximum atomic E-state index is 9.69. The van der Waals surface area contributed by atoms with Gasteiger partial charge in [0.25, 0.3) is 0 Å². The van der Waals surface area contributed by atoms with Crippen LogP contribution in [-0.4, -0.2) is 22.3 Å². The third kappa shape index (κ3) is 3.35. The predicted octanol–water partition coefficient (Wildman–Crippen LogP) is 1.76. The molecule has 3 heteroatoms. The van der Waals surface area contributed by atoms with Crippen LogP contribution in [0.1, 0.15) is 31.7 Å². The Morgan fingerprint density at radius 2 is 2.38 bits per heavy atom. The van der Waals surface area contributed by atoms with Gasteiger partial charge >= 0.3 is 0 Å². The fourth-order valence-electron chi connectivity index (χ4n) is 2.00. The Morgan fingerprint density at radius 1 is 1.56 bits per heavy atom. The molecule has 2 N–H and O–H groups in total. The minimum atomic E-state index is -0.141. The highest BCUT2D eigenvalue weighted by Crippen LogP contribution is 2.32. The second-order valence-corrected chi connectivity index (χ2v) is 4.79. The van der Waals surface area contributed by atoms with Gasteiger partial charge in [-0.25, -0.2) is 0 Å². The molecule has 1 aromatic heterocycles. The standard InChI is InChI=1S/C13H22N2O/c1-2-6-15-7-5-11(10-15)8-14-9-13(16)12-3-4-12/h5,7,10,12-14,16H,2-4,6,8-9H2,1H3. The number of aliphatic hydroxyl groups excluding tert-OH is 1. The average molecular weight is 222 g/mol. The third-order valence-electron chi connectivity index (χ3n) is 3.14. The summed E-state index contributed by atoms with van der Waals surface area (Å²) in [6.45, 7) is 4.86. The summed E-state index contributed by atoms with van der Waals surface area (Å²) >= 11 is 0. The van der Waals surface area contributed by atoms with Crippen molar-refractivity contribution in [3.8, 4) is 0 Å². The van der Waals surface area contributed by atoms with Crippen LogP contribution in [0.2, 0.25) is 0 Å². The van der Waals surface area contributed by atoms with Gasteiger partial charge in [0.1, 0.15) is 0 Å². The lowest BCUT2D eigenvalue weighted by atomic mass is 10.2. The first-order valence-corrected chi connectivity index (χ1v) is 6.33. The van der Waals surface area contributed by atoms with Crippen LogP contribution in [0.15, 0.2) is 18.5 Å². The first-order chi connectivity index (χ1) is 7.79. The van der Waals surface area contributed by atoms with Crippen molar-refractivity contribution >= 4 is 0 Å². The highest BCUT2D eigenvalue weighted by atomic mass is 16.3. The average Bonchev–Trinajstić information content (AvgIpc) is 3.02. The maximum Gasteiger partial charge on any atom is 0.0692 e. The largest absolute Gasteiger partial charge is 0.392 e. The zero-order valence-electron chi connectivity index (χ0n) is 10.0. The predicted molar refractivity (Wildman–Crippen MR) is 65.2 cm³/mol. The molecule has 0 aliphatic heterocycles. The number of hydrogen-bond acceptors (Lipinski definition) is 2. The molecule has 90 valence electrons. The minimum absolute atomic E-state index is 0.141. The van der Waals surface area contributed by atoms with E-state index in [2.05, 4.69) is 35.3 Å². The lowest BCUT2D eigenvalue weighted by Gasteiger charge is -2.09. The lowest BCUT2D eigenvalue weighted by Crippen LogP contribution is -2.27. The normalized spacial score (nSPS) is 17.6. The minimum Gasteiger partial charge on any atom is -0.392 e. The number of aromatic nitrogens is 1. The SMILES string of the molecule is CCCn1ccc(CNCC(O)C2CC2)c1. The first-order valence-electron chi connectivity index (χ1n) is 6.33. The first kappa shape index (κ1) is 11.7. The van der Waals surface area contributed by atoms with E-state index in [0.717, 1.165) is 19.6 Å². The molecule has 0 saturated heterocycles. The smallest absolute Gasteiger partial charge is 0.0692 e. The van der Waals surface area contributed by atoms with Crippen molar-refractivity contribution in [2.24, 2.45) is 5.92 Å². The monoisotopic (exact) mass is 222 g/mol. The fourth-order valence-corrected chi connectivity index (χ4v) is 2.00. The molecule has 2 rings (SSSR count). The number of aliphatic hydroxyl groups is 1. The molecule has 0 radical (unpaired) electrons. The van der Waals surface area contributed by atoms with Crippen LogP contribution in [0, 0.1) is 5.92 Å². The Bertz CT molecular complexity index is 317. The van der Waals surface area contributed by atoms with Gasteiger partial charge in [-0.3, -0.25) is 0 Å². The molecule has 3 nitrogen and oxygen atoms in total. The zero-order chi connectivity index (χ0) is 11.4. The van der Waals surface area contributed by atoms with Gasteiger partial charge in [-0.1, -0.05) is 6.92 Å². The second kappa shape index (κ2) is 5.51. The van der Waals surface area contributed by atoms with Gasteiger partial charge in [0, 0.05) is 32.0 Å². The van der Waals surface area contributed by atoms with E-state index >= 15 is 0 Å². The van der Waals surface area contributed by atoms with Crippen molar-refractivity contribution < 1.29 is 5.11 Å². The van der Waals surface area contributed by atoms with Crippen molar-refractivity contribution in [1.29, 1.82) is 0 Å². The van der Waals surface area contributed by atoms with E-state index < -0.39 is 0 Å². The molecule has 1 aliphatic carbocycles. The number of hydrogen-bond donors (Lipinski definition) is 2. The van der Waals surface area contributed by atoms with E-state index in [4.69, 9.17) is 0 Å². The Morgan fingerprint density at radius 3 is 3.06 bits per heavy atom. The van der Waals surface area contributed by atoms with Crippen molar-refractivity contribution in [2.45, 2.75) is 45.4 Å². The van der Waals surface area contributed by atoms with E-state index in [1.165, 1.54) is 24.8 Å². The number of rotatable bonds is 7. The summed E-state index contributed by atoms with van der Waals surface area (Å²) in [5.41, 5.74) is 1.30. The maximum absolute atomic E-state index is 9.69.